The molecule has 1 amide bonds. The molecule has 0 radical (unpaired) electrons. The van der Waals surface area contributed by atoms with Crippen LogP contribution in [0.2, 0.25) is 0 Å². The van der Waals surface area contributed by atoms with Crippen molar-refractivity contribution < 1.29 is 9.53 Å². The first-order valence-corrected chi connectivity index (χ1v) is 6.36. The van der Waals surface area contributed by atoms with Crippen LogP contribution in [0, 0.1) is 0 Å². The van der Waals surface area contributed by atoms with Crippen LogP contribution in [0.3, 0.4) is 0 Å². The maximum absolute atomic E-state index is 12.1. The molecule has 0 N–H and O–H groups in total. The Morgan fingerprint density at radius 3 is 2.59 bits per heavy atom. The van der Waals surface area contributed by atoms with Crippen molar-refractivity contribution in [2.75, 3.05) is 11.5 Å². The molecular formula is C13H14BrNO2. The van der Waals surface area contributed by atoms with E-state index in [0.717, 1.165) is 10.2 Å². The van der Waals surface area contributed by atoms with Gasteiger partial charge in [-0.05, 0) is 44.2 Å². The van der Waals surface area contributed by atoms with Gasteiger partial charge in [-0.3, -0.25) is 9.69 Å². The van der Waals surface area contributed by atoms with Crippen LogP contribution in [-0.4, -0.2) is 18.6 Å². The molecule has 3 nitrogen and oxygen atoms in total. The first kappa shape index (κ1) is 12.2. The van der Waals surface area contributed by atoms with Gasteiger partial charge >= 0.3 is 0 Å². The smallest absolute Gasteiger partial charge is 0.293 e. The van der Waals surface area contributed by atoms with Crippen LogP contribution in [0.25, 0.3) is 0 Å². The second-order valence-corrected chi connectivity index (χ2v) is 4.77. The zero-order chi connectivity index (χ0) is 12.4. The van der Waals surface area contributed by atoms with E-state index in [0.29, 0.717) is 12.4 Å². The third-order valence-electron chi connectivity index (χ3n) is 2.63. The highest BCUT2D eigenvalue weighted by molar-refractivity contribution is 9.10. The summed E-state index contributed by atoms with van der Waals surface area (Å²) in [4.78, 5) is 13.8. The lowest BCUT2D eigenvalue weighted by Gasteiger charge is -2.21. The van der Waals surface area contributed by atoms with E-state index in [-0.39, 0.29) is 11.9 Å². The summed E-state index contributed by atoms with van der Waals surface area (Å²) in [7, 11) is 0. The number of ether oxygens (including phenoxy) is 1. The minimum Gasteiger partial charge on any atom is -0.488 e. The third kappa shape index (κ3) is 2.36. The summed E-state index contributed by atoms with van der Waals surface area (Å²) in [5, 5.41) is 0. The predicted octanol–water partition coefficient (Wildman–Crippen LogP) is 3.10. The highest BCUT2D eigenvalue weighted by atomic mass is 79.9. The van der Waals surface area contributed by atoms with Gasteiger partial charge in [0, 0.05) is 10.2 Å². The number of hydrogen-bond donors (Lipinski definition) is 0. The lowest BCUT2D eigenvalue weighted by Crippen LogP contribution is -2.32. The van der Waals surface area contributed by atoms with Crippen molar-refractivity contribution in [2.45, 2.75) is 19.9 Å². The molecule has 2 rings (SSSR count). The molecule has 0 aromatic heterocycles. The number of benzene rings is 1. The monoisotopic (exact) mass is 295 g/mol. The molecule has 1 heterocycles. The Hall–Kier alpha value is -1.29. The Labute approximate surface area is 109 Å². The first-order valence-electron chi connectivity index (χ1n) is 5.57. The van der Waals surface area contributed by atoms with E-state index in [2.05, 4.69) is 15.9 Å². The molecule has 0 saturated heterocycles. The molecule has 1 atom stereocenters. The zero-order valence-electron chi connectivity index (χ0n) is 9.81. The number of hydrogen-bond acceptors (Lipinski definition) is 2. The van der Waals surface area contributed by atoms with Gasteiger partial charge in [0.2, 0.25) is 0 Å². The number of anilines is 1. The molecule has 17 heavy (non-hydrogen) atoms. The molecule has 1 unspecified atom stereocenters. The SMILES string of the molecule is CCOC1=CC(C)N(c2ccc(Br)cc2)C1=O. The topological polar surface area (TPSA) is 29.5 Å². The Bertz CT molecular complexity index is 453. The molecule has 1 aliphatic heterocycles. The molecule has 1 aromatic rings. The van der Waals surface area contributed by atoms with E-state index in [1.165, 1.54) is 0 Å². The van der Waals surface area contributed by atoms with E-state index >= 15 is 0 Å². The molecule has 90 valence electrons. The molecule has 1 aliphatic rings. The van der Waals surface area contributed by atoms with Crippen LogP contribution >= 0.6 is 15.9 Å². The van der Waals surface area contributed by atoms with Crippen molar-refractivity contribution >= 4 is 27.5 Å². The van der Waals surface area contributed by atoms with Gasteiger partial charge < -0.3 is 4.74 Å². The Kier molecular flexibility index (Phi) is 3.52. The van der Waals surface area contributed by atoms with Crippen molar-refractivity contribution in [2.24, 2.45) is 0 Å². The second kappa shape index (κ2) is 4.92. The van der Waals surface area contributed by atoms with Crippen LogP contribution in [0.15, 0.2) is 40.6 Å². The average molecular weight is 296 g/mol. The Balaban J connectivity index is 2.24. The van der Waals surface area contributed by atoms with Crippen LogP contribution in [-0.2, 0) is 9.53 Å². The predicted molar refractivity (Wildman–Crippen MR) is 70.8 cm³/mol. The average Bonchev–Trinajstić information content (AvgIpc) is 2.57. The molecule has 0 spiro atoms. The summed E-state index contributed by atoms with van der Waals surface area (Å²) in [5.74, 6) is 0.379. The first-order chi connectivity index (χ1) is 8.13. The van der Waals surface area contributed by atoms with Gasteiger partial charge in [-0.1, -0.05) is 15.9 Å². The number of amides is 1. The van der Waals surface area contributed by atoms with E-state index < -0.39 is 0 Å². The fourth-order valence-electron chi connectivity index (χ4n) is 1.89. The normalized spacial score (nSPS) is 19.5. The fourth-order valence-corrected chi connectivity index (χ4v) is 2.15. The van der Waals surface area contributed by atoms with E-state index in [1.54, 1.807) is 4.90 Å². The quantitative estimate of drug-likeness (QED) is 0.857. The number of carbonyl (C=O) groups is 1. The van der Waals surface area contributed by atoms with Crippen LogP contribution < -0.4 is 4.90 Å². The van der Waals surface area contributed by atoms with Gasteiger partial charge in [0.15, 0.2) is 5.76 Å². The summed E-state index contributed by atoms with van der Waals surface area (Å²) in [6.07, 6.45) is 1.86. The standard InChI is InChI=1S/C13H14BrNO2/c1-3-17-12-8-9(2)15(13(12)16)11-6-4-10(14)5-7-11/h4-9H,3H2,1-2H3. The molecule has 0 aliphatic carbocycles. The molecular weight excluding hydrogens is 282 g/mol. The highest BCUT2D eigenvalue weighted by Crippen LogP contribution is 2.27. The summed E-state index contributed by atoms with van der Waals surface area (Å²) in [6, 6.07) is 7.72. The number of halogens is 1. The van der Waals surface area contributed by atoms with Crippen molar-refractivity contribution in [3.63, 3.8) is 0 Å². The van der Waals surface area contributed by atoms with Crippen molar-refractivity contribution in [1.82, 2.24) is 0 Å². The van der Waals surface area contributed by atoms with E-state index in [9.17, 15) is 4.79 Å². The van der Waals surface area contributed by atoms with Crippen molar-refractivity contribution in [3.8, 4) is 0 Å². The Morgan fingerprint density at radius 1 is 1.35 bits per heavy atom. The maximum atomic E-state index is 12.1. The number of rotatable bonds is 3. The highest BCUT2D eigenvalue weighted by Gasteiger charge is 2.31. The van der Waals surface area contributed by atoms with Gasteiger partial charge in [0.1, 0.15) is 0 Å². The summed E-state index contributed by atoms with van der Waals surface area (Å²) in [6.45, 7) is 4.37. The fraction of sp³-hybridized carbons (Fsp3) is 0.308. The third-order valence-corrected chi connectivity index (χ3v) is 3.16. The number of nitrogens with zero attached hydrogens (tertiary/aromatic N) is 1. The van der Waals surface area contributed by atoms with Gasteiger partial charge in [-0.2, -0.15) is 0 Å². The minimum absolute atomic E-state index is 0.0326. The second-order valence-electron chi connectivity index (χ2n) is 3.86. The van der Waals surface area contributed by atoms with Crippen molar-refractivity contribution in [1.29, 1.82) is 0 Å². The summed E-state index contributed by atoms with van der Waals surface area (Å²) >= 11 is 3.38. The van der Waals surface area contributed by atoms with Crippen LogP contribution in [0.5, 0.6) is 0 Å². The lowest BCUT2D eigenvalue weighted by molar-refractivity contribution is -0.117. The van der Waals surface area contributed by atoms with Crippen molar-refractivity contribution in [3.05, 3.63) is 40.6 Å². The molecule has 0 saturated carbocycles. The van der Waals surface area contributed by atoms with Gasteiger partial charge in [0.05, 0.1) is 12.6 Å². The molecule has 0 fully saturated rings. The maximum Gasteiger partial charge on any atom is 0.293 e. The van der Waals surface area contributed by atoms with Crippen LogP contribution in [0.4, 0.5) is 5.69 Å². The number of carbonyl (C=O) groups excluding carboxylic acids is 1. The van der Waals surface area contributed by atoms with E-state index in [1.807, 2.05) is 44.2 Å². The Morgan fingerprint density at radius 2 is 2.00 bits per heavy atom. The van der Waals surface area contributed by atoms with Crippen LogP contribution in [0.1, 0.15) is 13.8 Å². The largest absolute Gasteiger partial charge is 0.488 e. The zero-order valence-corrected chi connectivity index (χ0v) is 11.4. The molecule has 1 aromatic carbocycles. The lowest BCUT2D eigenvalue weighted by atomic mass is 10.2. The van der Waals surface area contributed by atoms with E-state index in [4.69, 9.17) is 4.74 Å². The summed E-state index contributed by atoms with van der Waals surface area (Å²) < 4.78 is 6.32. The summed E-state index contributed by atoms with van der Waals surface area (Å²) in [5.41, 5.74) is 0.886. The van der Waals surface area contributed by atoms with Gasteiger partial charge in [-0.15, -0.1) is 0 Å². The molecule has 0 bridgehead atoms. The molecule has 4 heteroatoms. The minimum atomic E-state index is -0.0679. The van der Waals surface area contributed by atoms with Gasteiger partial charge in [0.25, 0.3) is 5.91 Å². The van der Waals surface area contributed by atoms with Gasteiger partial charge in [-0.25, -0.2) is 0 Å².